The number of anilines is 1. The smallest absolute Gasteiger partial charge is 0.223 e. The second-order valence-corrected chi connectivity index (χ2v) is 5.46. The van der Waals surface area contributed by atoms with E-state index in [9.17, 15) is 4.79 Å². The Morgan fingerprint density at radius 3 is 2.79 bits per heavy atom. The second-order valence-electron chi connectivity index (χ2n) is 5.46. The molecular formula is C20H23N3O. The normalized spacial score (nSPS) is 10.8. The first-order valence-electron chi connectivity index (χ1n) is 8.08. The Morgan fingerprint density at radius 2 is 2.17 bits per heavy atom. The van der Waals surface area contributed by atoms with E-state index in [4.69, 9.17) is 0 Å². The number of aliphatic imine (C=N–C) groups is 1. The van der Waals surface area contributed by atoms with Crippen LogP contribution >= 0.6 is 0 Å². The van der Waals surface area contributed by atoms with E-state index < -0.39 is 0 Å². The zero-order chi connectivity index (χ0) is 17.4. The third-order valence-electron chi connectivity index (χ3n) is 3.71. The molecule has 0 aliphatic heterocycles. The lowest BCUT2D eigenvalue weighted by Crippen LogP contribution is -2.27. The topological polar surface area (TPSA) is 45.6 Å². The molecule has 2 rings (SSSR count). The van der Waals surface area contributed by atoms with Crippen LogP contribution in [0.3, 0.4) is 0 Å². The first-order chi connectivity index (χ1) is 11.7. The molecule has 4 nitrogen and oxygen atoms in total. The highest BCUT2D eigenvalue weighted by Crippen LogP contribution is 2.27. The molecule has 0 N–H and O–H groups in total. The summed E-state index contributed by atoms with van der Waals surface area (Å²) in [7, 11) is 0. The molecule has 0 fully saturated rings. The zero-order valence-electron chi connectivity index (χ0n) is 14.3. The largest absolute Gasteiger partial charge is 0.313 e. The van der Waals surface area contributed by atoms with Gasteiger partial charge < -0.3 is 9.89 Å². The van der Waals surface area contributed by atoms with Gasteiger partial charge in [-0.15, -0.1) is 0 Å². The standard InChI is InChI=1S/C20H23N3O/c1-4-23(16(2)24)20-13-17(8-5-6-10-21-3)12-19(14-20)18-9-7-11-22-15-18/h5,7-9,11-15H,3-4,6,10H2,1-2H3/b8-5+. The summed E-state index contributed by atoms with van der Waals surface area (Å²) in [6, 6.07) is 10.1. The van der Waals surface area contributed by atoms with E-state index in [1.807, 2.05) is 37.4 Å². The number of rotatable bonds is 7. The molecule has 1 aromatic heterocycles. The van der Waals surface area contributed by atoms with Gasteiger partial charge in [-0.25, -0.2) is 0 Å². The van der Waals surface area contributed by atoms with Gasteiger partial charge in [-0.1, -0.05) is 18.2 Å². The first kappa shape index (κ1) is 17.6. The summed E-state index contributed by atoms with van der Waals surface area (Å²) < 4.78 is 0. The van der Waals surface area contributed by atoms with Crippen molar-refractivity contribution in [3.63, 3.8) is 0 Å². The second kappa shape index (κ2) is 8.77. The summed E-state index contributed by atoms with van der Waals surface area (Å²) in [6.45, 7) is 8.40. The van der Waals surface area contributed by atoms with Crippen LogP contribution in [-0.4, -0.2) is 30.7 Å². The van der Waals surface area contributed by atoms with Crippen molar-refractivity contribution in [3.8, 4) is 11.1 Å². The lowest BCUT2D eigenvalue weighted by atomic mass is 10.0. The van der Waals surface area contributed by atoms with Crippen molar-refractivity contribution in [3.05, 3.63) is 54.4 Å². The van der Waals surface area contributed by atoms with Gasteiger partial charge in [0.05, 0.1) is 0 Å². The van der Waals surface area contributed by atoms with Gasteiger partial charge >= 0.3 is 0 Å². The van der Waals surface area contributed by atoms with Crippen LogP contribution in [0.2, 0.25) is 0 Å². The van der Waals surface area contributed by atoms with E-state index in [-0.39, 0.29) is 5.91 Å². The van der Waals surface area contributed by atoms with E-state index in [0.717, 1.165) is 28.8 Å². The molecule has 0 aliphatic carbocycles. The SMILES string of the molecule is C=NCC/C=C/c1cc(-c2cccnc2)cc(N(CC)C(C)=O)c1. The molecule has 1 heterocycles. The molecule has 0 saturated heterocycles. The lowest BCUT2D eigenvalue weighted by molar-refractivity contribution is -0.116. The number of pyridine rings is 1. The van der Waals surface area contributed by atoms with Gasteiger partial charge in [0.2, 0.25) is 5.91 Å². The maximum Gasteiger partial charge on any atom is 0.223 e. The van der Waals surface area contributed by atoms with Crippen LogP contribution in [0, 0.1) is 0 Å². The minimum atomic E-state index is 0.0339. The van der Waals surface area contributed by atoms with Crippen molar-refractivity contribution in [1.82, 2.24) is 4.98 Å². The molecule has 4 heteroatoms. The number of aromatic nitrogens is 1. The Labute approximate surface area is 143 Å². The number of hydrogen-bond donors (Lipinski definition) is 0. The minimum Gasteiger partial charge on any atom is -0.313 e. The maximum atomic E-state index is 11.9. The number of carbonyl (C=O) groups is 1. The molecule has 0 spiro atoms. The van der Waals surface area contributed by atoms with Gasteiger partial charge in [-0.2, -0.15) is 0 Å². The van der Waals surface area contributed by atoms with Crippen molar-refractivity contribution in [1.29, 1.82) is 0 Å². The first-order valence-corrected chi connectivity index (χ1v) is 8.08. The van der Waals surface area contributed by atoms with E-state index in [1.165, 1.54) is 0 Å². The average Bonchev–Trinajstić information content (AvgIpc) is 2.60. The van der Waals surface area contributed by atoms with Crippen LogP contribution < -0.4 is 4.90 Å². The zero-order valence-corrected chi connectivity index (χ0v) is 14.3. The molecule has 0 unspecified atom stereocenters. The Morgan fingerprint density at radius 1 is 1.33 bits per heavy atom. The van der Waals surface area contributed by atoms with E-state index >= 15 is 0 Å². The van der Waals surface area contributed by atoms with Crippen LogP contribution in [0.4, 0.5) is 5.69 Å². The number of amides is 1. The van der Waals surface area contributed by atoms with Gasteiger partial charge in [0.1, 0.15) is 0 Å². The fourth-order valence-corrected chi connectivity index (χ4v) is 2.56. The van der Waals surface area contributed by atoms with Crippen LogP contribution in [0.15, 0.2) is 53.8 Å². The molecule has 24 heavy (non-hydrogen) atoms. The molecule has 0 saturated carbocycles. The predicted octanol–water partition coefficient (Wildman–Crippen LogP) is 4.23. The van der Waals surface area contributed by atoms with Gasteiger partial charge in [0, 0.05) is 43.7 Å². The molecule has 124 valence electrons. The summed E-state index contributed by atoms with van der Waals surface area (Å²) in [5.74, 6) is 0.0339. The molecule has 1 aromatic carbocycles. The maximum absolute atomic E-state index is 11.9. The highest BCUT2D eigenvalue weighted by molar-refractivity contribution is 5.92. The monoisotopic (exact) mass is 321 g/mol. The highest BCUT2D eigenvalue weighted by atomic mass is 16.2. The Bertz CT molecular complexity index is 723. The molecule has 2 aromatic rings. The van der Waals surface area contributed by atoms with E-state index in [0.29, 0.717) is 13.1 Å². The molecule has 0 bridgehead atoms. The number of carbonyl (C=O) groups excluding carboxylic acids is 1. The van der Waals surface area contributed by atoms with Crippen molar-refractivity contribution in [2.24, 2.45) is 4.99 Å². The Balaban J connectivity index is 2.45. The predicted molar refractivity (Wildman–Crippen MR) is 101 cm³/mol. The molecule has 0 radical (unpaired) electrons. The van der Waals surface area contributed by atoms with Gasteiger partial charge in [-0.3, -0.25) is 9.78 Å². The van der Waals surface area contributed by atoms with Crippen LogP contribution in [0.5, 0.6) is 0 Å². The number of benzene rings is 1. The van der Waals surface area contributed by atoms with Crippen molar-refractivity contribution >= 4 is 24.4 Å². The van der Waals surface area contributed by atoms with Crippen molar-refractivity contribution in [2.75, 3.05) is 18.0 Å². The fourth-order valence-electron chi connectivity index (χ4n) is 2.56. The molecular weight excluding hydrogens is 298 g/mol. The third kappa shape index (κ3) is 4.62. The summed E-state index contributed by atoms with van der Waals surface area (Å²) in [4.78, 5) is 21.7. The van der Waals surface area contributed by atoms with Crippen molar-refractivity contribution in [2.45, 2.75) is 20.3 Å². The summed E-state index contributed by atoms with van der Waals surface area (Å²) in [5.41, 5.74) is 4.02. The third-order valence-corrected chi connectivity index (χ3v) is 3.71. The lowest BCUT2D eigenvalue weighted by Gasteiger charge is -2.20. The summed E-state index contributed by atoms with van der Waals surface area (Å²) >= 11 is 0. The Hall–Kier alpha value is -2.75. The van der Waals surface area contributed by atoms with Crippen molar-refractivity contribution < 1.29 is 4.79 Å². The van der Waals surface area contributed by atoms with Crippen LogP contribution in [0.1, 0.15) is 25.8 Å². The highest BCUT2D eigenvalue weighted by Gasteiger charge is 2.11. The van der Waals surface area contributed by atoms with Crippen LogP contribution in [0.25, 0.3) is 17.2 Å². The summed E-state index contributed by atoms with van der Waals surface area (Å²) in [5, 5.41) is 0. The van der Waals surface area contributed by atoms with Gasteiger partial charge in [0.25, 0.3) is 0 Å². The molecule has 1 amide bonds. The number of hydrogen-bond acceptors (Lipinski definition) is 3. The quantitative estimate of drug-likeness (QED) is 0.566. The Kier molecular flexibility index (Phi) is 6.43. The van der Waals surface area contributed by atoms with Gasteiger partial charge in [-0.05, 0) is 55.5 Å². The fraction of sp³-hybridized carbons (Fsp3) is 0.250. The summed E-state index contributed by atoms with van der Waals surface area (Å²) in [6.07, 6.45) is 8.57. The van der Waals surface area contributed by atoms with Crippen LogP contribution in [-0.2, 0) is 4.79 Å². The average molecular weight is 321 g/mol. The minimum absolute atomic E-state index is 0.0339. The molecule has 0 atom stereocenters. The van der Waals surface area contributed by atoms with E-state index in [1.54, 1.807) is 18.0 Å². The molecule has 0 aliphatic rings. The van der Waals surface area contributed by atoms with Gasteiger partial charge in [0.15, 0.2) is 0 Å². The van der Waals surface area contributed by atoms with E-state index in [2.05, 4.69) is 34.9 Å². The number of nitrogens with zero attached hydrogens (tertiary/aromatic N) is 3.